The molecule has 0 spiro atoms. The van der Waals surface area contributed by atoms with Gasteiger partial charge in [0.1, 0.15) is 6.04 Å². The van der Waals surface area contributed by atoms with Crippen molar-refractivity contribution < 1.29 is 13.2 Å². The first-order valence-electron chi connectivity index (χ1n) is 7.87. The van der Waals surface area contributed by atoms with E-state index in [0.717, 1.165) is 21.7 Å². The van der Waals surface area contributed by atoms with Crippen LogP contribution < -0.4 is 9.62 Å². The Morgan fingerprint density at radius 3 is 2.27 bits per heavy atom. The first-order chi connectivity index (χ1) is 12.1. The van der Waals surface area contributed by atoms with Crippen molar-refractivity contribution in [3.8, 4) is 0 Å². The van der Waals surface area contributed by atoms with Crippen molar-refractivity contribution in [2.75, 3.05) is 10.6 Å². The Bertz CT molecular complexity index is 896. The molecule has 140 valence electrons. The van der Waals surface area contributed by atoms with E-state index >= 15 is 0 Å². The van der Waals surface area contributed by atoms with Gasteiger partial charge in [0.15, 0.2) is 0 Å². The molecule has 0 saturated heterocycles. The van der Waals surface area contributed by atoms with E-state index in [-0.39, 0.29) is 15.7 Å². The molecule has 1 N–H and O–H groups in total. The molecule has 0 aliphatic carbocycles. The minimum absolute atomic E-state index is 0.239. The smallest absolute Gasteiger partial charge is 0.243 e. The summed E-state index contributed by atoms with van der Waals surface area (Å²) in [5.41, 5.74) is 2.25. The fourth-order valence-electron chi connectivity index (χ4n) is 2.61. The lowest BCUT2D eigenvalue weighted by molar-refractivity contribution is -0.122. The van der Waals surface area contributed by atoms with E-state index < -0.39 is 22.0 Å². The summed E-state index contributed by atoms with van der Waals surface area (Å²) < 4.78 is 25.6. The van der Waals surface area contributed by atoms with Crippen LogP contribution in [0.5, 0.6) is 0 Å². The largest absolute Gasteiger partial charge is 0.350 e. The number of nitrogens with one attached hydrogen (secondary N) is 1. The number of nitrogens with zero attached hydrogens (tertiary/aromatic N) is 1. The van der Waals surface area contributed by atoms with Gasteiger partial charge in [-0.2, -0.15) is 0 Å². The van der Waals surface area contributed by atoms with Crippen molar-refractivity contribution >= 4 is 44.8 Å². The number of sulfonamides is 1. The maximum Gasteiger partial charge on any atom is 0.243 e. The van der Waals surface area contributed by atoms with E-state index in [9.17, 15) is 13.2 Å². The van der Waals surface area contributed by atoms with Gasteiger partial charge in [-0.15, -0.1) is 0 Å². The maximum absolute atomic E-state index is 12.6. The summed E-state index contributed by atoms with van der Waals surface area (Å²) in [7, 11) is -3.73. The molecule has 5 nitrogen and oxygen atoms in total. The molecular formula is C18H20Cl2N2O3S. The minimum Gasteiger partial charge on any atom is -0.350 e. The predicted octanol–water partition coefficient (Wildman–Crippen LogP) is 3.77. The molecule has 1 amide bonds. The van der Waals surface area contributed by atoms with Gasteiger partial charge in [0, 0.05) is 16.6 Å². The van der Waals surface area contributed by atoms with Crippen molar-refractivity contribution in [3.63, 3.8) is 0 Å². The molecule has 26 heavy (non-hydrogen) atoms. The van der Waals surface area contributed by atoms with Crippen molar-refractivity contribution in [2.24, 2.45) is 0 Å². The summed E-state index contributed by atoms with van der Waals surface area (Å²) in [6.07, 6.45) is 1.03. The lowest BCUT2D eigenvalue weighted by Crippen LogP contribution is -2.47. The molecule has 0 radical (unpaired) electrons. The van der Waals surface area contributed by atoms with Gasteiger partial charge >= 0.3 is 0 Å². The van der Waals surface area contributed by atoms with Gasteiger partial charge in [-0.1, -0.05) is 47.5 Å². The quantitative estimate of drug-likeness (QED) is 0.781. The highest BCUT2D eigenvalue weighted by Crippen LogP contribution is 2.28. The highest BCUT2D eigenvalue weighted by molar-refractivity contribution is 7.92. The third-order valence-corrected chi connectivity index (χ3v) is 5.58. The molecule has 0 bridgehead atoms. The molecule has 0 saturated carbocycles. The molecule has 0 aliphatic heterocycles. The van der Waals surface area contributed by atoms with Gasteiger partial charge in [0.2, 0.25) is 15.9 Å². The van der Waals surface area contributed by atoms with Crippen LogP contribution in [0.15, 0.2) is 42.5 Å². The SMILES string of the molecule is Cc1ccccc1CNC(=O)C(C)N(c1cc(Cl)cc(Cl)c1)S(C)(=O)=O. The number of anilines is 1. The zero-order valence-electron chi connectivity index (χ0n) is 14.7. The number of hydrogen-bond acceptors (Lipinski definition) is 3. The van der Waals surface area contributed by atoms with E-state index in [1.54, 1.807) is 0 Å². The number of aryl methyl sites for hydroxylation is 1. The predicted molar refractivity (Wildman–Crippen MR) is 106 cm³/mol. The van der Waals surface area contributed by atoms with Gasteiger partial charge in [-0.05, 0) is 43.2 Å². The van der Waals surface area contributed by atoms with Gasteiger partial charge in [0.05, 0.1) is 11.9 Å². The lowest BCUT2D eigenvalue weighted by atomic mass is 10.1. The van der Waals surface area contributed by atoms with E-state index in [1.807, 2.05) is 31.2 Å². The maximum atomic E-state index is 12.6. The number of halogens is 2. The Morgan fingerprint density at radius 1 is 1.15 bits per heavy atom. The summed E-state index contributed by atoms with van der Waals surface area (Å²) in [4.78, 5) is 12.6. The van der Waals surface area contributed by atoms with Crippen LogP contribution in [0.25, 0.3) is 0 Å². The normalized spacial score (nSPS) is 12.5. The number of benzene rings is 2. The Morgan fingerprint density at radius 2 is 1.73 bits per heavy atom. The summed E-state index contributed by atoms with van der Waals surface area (Å²) in [5, 5.41) is 3.35. The molecule has 0 heterocycles. The van der Waals surface area contributed by atoms with Crippen LogP contribution in [-0.2, 0) is 21.4 Å². The van der Waals surface area contributed by atoms with Crippen LogP contribution in [0.3, 0.4) is 0 Å². The Hall–Kier alpha value is -1.76. The fourth-order valence-corrected chi connectivity index (χ4v) is 4.29. The average molecular weight is 415 g/mol. The molecule has 1 atom stereocenters. The first-order valence-corrected chi connectivity index (χ1v) is 10.5. The third-order valence-electron chi connectivity index (χ3n) is 3.90. The van der Waals surface area contributed by atoms with Crippen molar-refractivity contribution in [1.29, 1.82) is 0 Å². The highest BCUT2D eigenvalue weighted by atomic mass is 35.5. The molecule has 2 rings (SSSR count). The topological polar surface area (TPSA) is 66.5 Å². The van der Waals surface area contributed by atoms with Crippen LogP contribution in [0.2, 0.25) is 10.0 Å². The summed E-state index contributed by atoms with van der Waals surface area (Å²) in [5.74, 6) is -0.422. The van der Waals surface area contributed by atoms with E-state index in [1.165, 1.54) is 25.1 Å². The van der Waals surface area contributed by atoms with Gasteiger partial charge in [-0.3, -0.25) is 9.10 Å². The van der Waals surface area contributed by atoms with Crippen LogP contribution >= 0.6 is 23.2 Å². The number of carbonyl (C=O) groups is 1. The van der Waals surface area contributed by atoms with E-state index in [0.29, 0.717) is 6.54 Å². The standard InChI is InChI=1S/C18H20Cl2N2O3S/c1-12-6-4-5-7-14(12)11-21-18(23)13(2)22(26(3,24)25)17-9-15(19)8-16(20)10-17/h4-10,13H,11H2,1-3H3,(H,21,23). The molecule has 1 unspecified atom stereocenters. The second-order valence-electron chi connectivity index (χ2n) is 6.01. The second-order valence-corrected chi connectivity index (χ2v) is 8.74. The van der Waals surface area contributed by atoms with Gasteiger partial charge < -0.3 is 5.32 Å². The van der Waals surface area contributed by atoms with Crippen molar-refractivity contribution in [3.05, 3.63) is 63.6 Å². The zero-order chi connectivity index (χ0) is 19.5. The fraction of sp³-hybridized carbons (Fsp3) is 0.278. The van der Waals surface area contributed by atoms with Crippen LogP contribution in [0.4, 0.5) is 5.69 Å². The van der Waals surface area contributed by atoms with Crippen molar-refractivity contribution in [1.82, 2.24) is 5.32 Å². The van der Waals surface area contributed by atoms with Gasteiger partial charge in [-0.25, -0.2) is 8.42 Å². The number of carbonyl (C=O) groups excluding carboxylic acids is 1. The zero-order valence-corrected chi connectivity index (χ0v) is 17.0. The van der Waals surface area contributed by atoms with E-state index in [4.69, 9.17) is 23.2 Å². The second kappa shape index (κ2) is 8.29. The van der Waals surface area contributed by atoms with Crippen LogP contribution in [0, 0.1) is 6.92 Å². The molecule has 0 fully saturated rings. The summed E-state index contributed by atoms with van der Waals surface area (Å²) >= 11 is 12.0. The Balaban J connectivity index is 2.25. The number of amides is 1. The monoisotopic (exact) mass is 414 g/mol. The Kier molecular flexibility index (Phi) is 6.55. The van der Waals surface area contributed by atoms with Crippen LogP contribution in [0.1, 0.15) is 18.1 Å². The molecule has 0 aromatic heterocycles. The number of hydrogen-bond donors (Lipinski definition) is 1. The van der Waals surface area contributed by atoms with E-state index in [2.05, 4.69) is 5.32 Å². The van der Waals surface area contributed by atoms with Gasteiger partial charge in [0.25, 0.3) is 0 Å². The number of rotatable bonds is 6. The third kappa shape index (κ3) is 5.13. The molecule has 2 aromatic carbocycles. The molecular weight excluding hydrogens is 395 g/mol. The lowest BCUT2D eigenvalue weighted by Gasteiger charge is -2.28. The first kappa shape index (κ1) is 20.6. The average Bonchev–Trinajstić information content (AvgIpc) is 2.51. The molecule has 8 heteroatoms. The summed E-state index contributed by atoms with van der Waals surface area (Å²) in [6, 6.07) is 11.1. The molecule has 0 aliphatic rings. The van der Waals surface area contributed by atoms with Crippen molar-refractivity contribution in [2.45, 2.75) is 26.4 Å². The minimum atomic E-state index is -3.73. The Labute approximate surface area is 164 Å². The summed E-state index contributed by atoms with van der Waals surface area (Å²) in [6.45, 7) is 3.77. The highest BCUT2D eigenvalue weighted by Gasteiger charge is 2.29. The van der Waals surface area contributed by atoms with Crippen LogP contribution in [-0.4, -0.2) is 26.6 Å². The molecule has 2 aromatic rings.